The van der Waals surface area contributed by atoms with E-state index in [2.05, 4.69) is 4.98 Å². The molecule has 2 aromatic rings. The van der Waals surface area contributed by atoms with Gasteiger partial charge in [0.05, 0.1) is 17.1 Å². The van der Waals surface area contributed by atoms with Crippen molar-refractivity contribution in [2.45, 2.75) is 37.1 Å². The van der Waals surface area contributed by atoms with Crippen LogP contribution in [0, 0.1) is 0 Å². The summed E-state index contributed by atoms with van der Waals surface area (Å²) in [4.78, 5) is 18.6. The van der Waals surface area contributed by atoms with Crippen LogP contribution in [0.4, 0.5) is 0 Å². The number of rotatable bonds is 5. The molecule has 1 aromatic heterocycles. The van der Waals surface area contributed by atoms with Gasteiger partial charge in [0.25, 0.3) is 5.91 Å². The lowest BCUT2D eigenvalue weighted by Gasteiger charge is -2.20. The van der Waals surface area contributed by atoms with Gasteiger partial charge < -0.3 is 4.90 Å². The molecule has 0 radical (unpaired) electrons. The van der Waals surface area contributed by atoms with Crippen molar-refractivity contribution in [2.75, 3.05) is 20.1 Å². The second kappa shape index (κ2) is 8.63. The zero-order valence-corrected chi connectivity index (χ0v) is 16.4. The van der Waals surface area contributed by atoms with Gasteiger partial charge in [-0.2, -0.15) is 4.31 Å². The molecular weight excluding hydrogens is 362 g/mol. The highest BCUT2D eigenvalue weighted by Crippen LogP contribution is 2.21. The summed E-state index contributed by atoms with van der Waals surface area (Å²) in [6.45, 7) is 1.53. The fraction of sp³-hybridized carbons (Fsp3) is 0.400. The minimum atomic E-state index is -3.50. The van der Waals surface area contributed by atoms with Gasteiger partial charge in [0, 0.05) is 31.9 Å². The lowest BCUT2D eigenvalue weighted by Crippen LogP contribution is -2.32. The van der Waals surface area contributed by atoms with Crippen LogP contribution >= 0.6 is 0 Å². The molecule has 0 aliphatic carbocycles. The molecule has 0 saturated carbocycles. The van der Waals surface area contributed by atoms with Crippen LogP contribution in [0.5, 0.6) is 0 Å². The first-order valence-corrected chi connectivity index (χ1v) is 10.7. The van der Waals surface area contributed by atoms with E-state index in [1.807, 2.05) is 18.2 Å². The Balaban J connectivity index is 1.71. The van der Waals surface area contributed by atoms with E-state index in [4.69, 9.17) is 0 Å². The van der Waals surface area contributed by atoms with Gasteiger partial charge in [-0.05, 0) is 49.2 Å². The van der Waals surface area contributed by atoms with Crippen molar-refractivity contribution in [3.8, 4) is 0 Å². The molecule has 0 unspecified atom stereocenters. The molecule has 1 amide bonds. The molecule has 1 aromatic carbocycles. The number of carbonyl (C=O) groups excluding carboxylic acids is 1. The van der Waals surface area contributed by atoms with E-state index in [-0.39, 0.29) is 10.8 Å². The fourth-order valence-electron chi connectivity index (χ4n) is 3.23. The number of aromatic nitrogens is 1. The molecular formula is C20H25N3O3S. The Morgan fingerprint density at radius 1 is 1.04 bits per heavy atom. The quantitative estimate of drug-likeness (QED) is 0.791. The zero-order chi connectivity index (χ0) is 19.3. The van der Waals surface area contributed by atoms with Crippen molar-refractivity contribution >= 4 is 15.9 Å². The average Bonchev–Trinajstić information content (AvgIpc) is 2.98. The third kappa shape index (κ3) is 4.73. The second-order valence-corrected chi connectivity index (χ2v) is 8.76. The third-order valence-electron chi connectivity index (χ3n) is 4.78. The molecule has 27 heavy (non-hydrogen) atoms. The molecule has 144 valence electrons. The van der Waals surface area contributed by atoms with Crippen LogP contribution in [0.15, 0.2) is 53.6 Å². The van der Waals surface area contributed by atoms with E-state index < -0.39 is 10.0 Å². The number of benzene rings is 1. The number of hydrogen-bond acceptors (Lipinski definition) is 4. The van der Waals surface area contributed by atoms with Gasteiger partial charge in [0.2, 0.25) is 10.0 Å². The monoisotopic (exact) mass is 387 g/mol. The van der Waals surface area contributed by atoms with E-state index in [0.717, 1.165) is 31.4 Å². The molecule has 1 saturated heterocycles. The van der Waals surface area contributed by atoms with Crippen LogP contribution in [0.25, 0.3) is 0 Å². The summed E-state index contributed by atoms with van der Waals surface area (Å²) in [5, 5.41) is 0. The van der Waals surface area contributed by atoms with Crippen LogP contribution in [0.2, 0.25) is 0 Å². The first-order chi connectivity index (χ1) is 13.0. The molecule has 1 aliphatic rings. The Morgan fingerprint density at radius 3 is 2.30 bits per heavy atom. The van der Waals surface area contributed by atoms with Crippen molar-refractivity contribution < 1.29 is 13.2 Å². The smallest absolute Gasteiger partial charge is 0.253 e. The molecule has 1 aliphatic heterocycles. The summed E-state index contributed by atoms with van der Waals surface area (Å²) in [6.07, 6.45) is 5.63. The van der Waals surface area contributed by atoms with Crippen molar-refractivity contribution in [2.24, 2.45) is 0 Å². The van der Waals surface area contributed by atoms with E-state index in [1.165, 1.54) is 12.1 Å². The van der Waals surface area contributed by atoms with E-state index in [1.54, 1.807) is 34.6 Å². The molecule has 3 rings (SSSR count). The molecule has 0 bridgehead atoms. The molecule has 0 N–H and O–H groups in total. The molecule has 1 fully saturated rings. The second-order valence-electron chi connectivity index (χ2n) is 6.82. The van der Waals surface area contributed by atoms with Crippen LogP contribution < -0.4 is 0 Å². The van der Waals surface area contributed by atoms with Crippen molar-refractivity contribution in [1.82, 2.24) is 14.2 Å². The zero-order valence-electron chi connectivity index (χ0n) is 15.5. The fourth-order valence-corrected chi connectivity index (χ4v) is 4.74. The lowest BCUT2D eigenvalue weighted by molar-refractivity contribution is 0.0783. The number of nitrogens with zero attached hydrogens (tertiary/aromatic N) is 3. The van der Waals surface area contributed by atoms with E-state index in [0.29, 0.717) is 25.2 Å². The minimum Gasteiger partial charge on any atom is -0.336 e. The first kappa shape index (κ1) is 19.5. The summed E-state index contributed by atoms with van der Waals surface area (Å²) in [6, 6.07) is 11.8. The van der Waals surface area contributed by atoms with Crippen molar-refractivity contribution in [3.63, 3.8) is 0 Å². The summed E-state index contributed by atoms with van der Waals surface area (Å²) in [7, 11) is -1.79. The van der Waals surface area contributed by atoms with Crippen LogP contribution in [0.1, 0.15) is 41.7 Å². The Bertz CT molecular complexity index is 859. The Labute approximate surface area is 160 Å². The first-order valence-electron chi connectivity index (χ1n) is 9.24. The van der Waals surface area contributed by atoms with Crippen molar-refractivity contribution in [3.05, 3.63) is 59.9 Å². The minimum absolute atomic E-state index is 0.167. The summed E-state index contributed by atoms with van der Waals surface area (Å²) < 4.78 is 27.2. The predicted octanol–water partition coefficient (Wildman–Crippen LogP) is 2.92. The Hall–Kier alpha value is -2.25. The van der Waals surface area contributed by atoms with Crippen molar-refractivity contribution in [1.29, 1.82) is 0 Å². The molecule has 0 spiro atoms. The van der Waals surface area contributed by atoms with Gasteiger partial charge in [0.1, 0.15) is 0 Å². The van der Waals surface area contributed by atoms with Crippen LogP contribution in [0.3, 0.4) is 0 Å². The standard InChI is InChI=1S/C20H25N3O3S/c1-22(16-18-8-4-5-13-21-18)20(24)17-9-11-19(12-10-17)27(25,26)23-14-6-2-3-7-15-23/h4-5,8-13H,2-3,6-7,14-16H2,1H3. The predicted molar refractivity (Wildman–Crippen MR) is 104 cm³/mol. The molecule has 7 heteroatoms. The number of amides is 1. The lowest BCUT2D eigenvalue weighted by atomic mass is 10.2. The van der Waals surface area contributed by atoms with E-state index in [9.17, 15) is 13.2 Å². The third-order valence-corrected chi connectivity index (χ3v) is 6.69. The van der Waals surface area contributed by atoms with Gasteiger partial charge in [-0.15, -0.1) is 0 Å². The van der Waals surface area contributed by atoms with E-state index >= 15 is 0 Å². The molecule has 6 nitrogen and oxygen atoms in total. The summed E-state index contributed by atoms with van der Waals surface area (Å²) >= 11 is 0. The summed E-state index contributed by atoms with van der Waals surface area (Å²) in [5.41, 5.74) is 1.26. The molecule has 0 atom stereocenters. The number of sulfonamides is 1. The Morgan fingerprint density at radius 2 is 1.70 bits per heavy atom. The highest BCUT2D eigenvalue weighted by atomic mass is 32.2. The van der Waals surface area contributed by atoms with Gasteiger partial charge >= 0.3 is 0 Å². The average molecular weight is 388 g/mol. The van der Waals surface area contributed by atoms with Gasteiger partial charge in [-0.1, -0.05) is 18.9 Å². The highest BCUT2D eigenvalue weighted by molar-refractivity contribution is 7.89. The largest absolute Gasteiger partial charge is 0.336 e. The summed E-state index contributed by atoms with van der Waals surface area (Å²) in [5.74, 6) is -0.167. The molecule has 2 heterocycles. The van der Waals surface area contributed by atoms with Gasteiger partial charge in [-0.25, -0.2) is 8.42 Å². The maximum Gasteiger partial charge on any atom is 0.253 e. The van der Waals surface area contributed by atoms with Crippen LogP contribution in [-0.2, 0) is 16.6 Å². The maximum absolute atomic E-state index is 12.8. The Kier molecular flexibility index (Phi) is 6.23. The van der Waals surface area contributed by atoms with Gasteiger partial charge in [0.15, 0.2) is 0 Å². The topological polar surface area (TPSA) is 70.6 Å². The number of carbonyl (C=O) groups is 1. The number of pyridine rings is 1. The highest BCUT2D eigenvalue weighted by Gasteiger charge is 2.25. The normalized spacial score (nSPS) is 15.9. The maximum atomic E-state index is 12.8. The van der Waals surface area contributed by atoms with Gasteiger partial charge in [-0.3, -0.25) is 9.78 Å². The SMILES string of the molecule is CN(Cc1ccccn1)C(=O)c1ccc(S(=O)(=O)N2CCCCCC2)cc1. The van der Waals surface area contributed by atoms with Crippen LogP contribution in [-0.4, -0.2) is 48.7 Å². The number of hydrogen-bond donors (Lipinski definition) is 0.